The summed E-state index contributed by atoms with van der Waals surface area (Å²) in [6, 6.07) is 3.53. The third-order valence-electron chi connectivity index (χ3n) is 1.27. The van der Waals surface area contributed by atoms with E-state index >= 15 is 0 Å². The number of rotatable bonds is 1. The van der Waals surface area contributed by atoms with Crippen LogP contribution < -0.4 is 0 Å². The monoisotopic (exact) mass is 258 g/mol. The molecule has 0 saturated heterocycles. The second-order valence-corrected chi connectivity index (χ2v) is 3.74. The van der Waals surface area contributed by atoms with Gasteiger partial charge >= 0.3 is 5.97 Å². The first-order valence-electron chi connectivity index (χ1n) is 3.51. The van der Waals surface area contributed by atoms with E-state index in [9.17, 15) is 4.79 Å². The molecule has 0 bridgehead atoms. The van der Waals surface area contributed by atoms with Gasteiger partial charge in [-0.15, -0.1) is 11.3 Å². The van der Waals surface area contributed by atoms with Crippen molar-refractivity contribution in [1.82, 2.24) is 0 Å². The van der Waals surface area contributed by atoms with Crippen LogP contribution in [0, 0.1) is 11.8 Å². The molecule has 0 unspecified atom stereocenters. The molecule has 1 aromatic heterocycles. The number of thiophene rings is 1. The molecule has 0 radical (unpaired) electrons. The highest BCUT2D eigenvalue weighted by Gasteiger charge is 2.07. The average Bonchev–Trinajstić information content (AvgIpc) is 2.62. The largest absolute Gasteiger partial charge is 0.465 e. The Balaban J connectivity index is 2.80. The molecule has 1 heterocycles. The van der Waals surface area contributed by atoms with Gasteiger partial charge in [0.2, 0.25) is 0 Å². The van der Waals surface area contributed by atoms with Gasteiger partial charge in [-0.25, -0.2) is 4.79 Å². The highest BCUT2D eigenvalue weighted by Crippen LogP contribution is 2.15. The fourth-order valence-electron chi connectivity index (χ4n) is 0.736. The maximum Gasteiger partial charge on any atom is 0.348 e. The summed E-state index contributed by atoms with van der Waals surface area (Å²) in [5.74, 6) is 5.46. The lowest BCUT2D eigenvalue weighted by Crippen LogP contribution is -1.96. The summed E-state index contributed by atoms with van der Waals surface area (Å²) < 4.78 is 4.57. The number of carbonyl (C=O) groups excluding carboxylic acids is 1. The van der Waals surface area contributed by atoms with Gasteiger partial charge in [-0.2, -0.15) is 0 Å². The summed E-state index contributed by atoms with van der Waals surface area (Å²) in [4.78, 5) is 12.5. The van der Waals surface area contributed by atoms with E-state index in [-0.39, 0.29) is 5.97 Å². The fourth-order valence-corrected chi connectivity index (χ4v) is 1.68. The first kappa shape index (κ1) is 10.3. The van der Waals surface area contributed by atoms with E-state index in [4.69, 9.17) is 0 Å². The summed E-state index contributed by atoms with van der Waals surface area (Å²) in [6.45, 7) is 0. The minimum Gasteiger partial charge on any atom is -0.465 e. The summed E-state index contributed by atoms with van der Waals surface area (Å²) >= 11 is 4.53. The zero-order chi connectivity index (χ0) is 9.68. The molecular weight excluding hydrogens is 252 g/mol. The second-order valence-electron chi connectivity index (χ2n) is 2.09. The van der Waals surface area contributed by atoms with Crippen LogP contribution in [-0.2, 0) is 4.74 Å². The molecule has 0 fully saturated rings. The van der Waals surface area contributed by atoms with Crippen LogP contribution in [0.15, 0.2) is 12.1 Å². The van der Waals surface area contributed by atoms with Gasteiger partial charge in [0, 0.05) is 0 Å². The van der Waals surface area contributed by atoms with Gasteiger partial charge in [0.05, 0.1) is 17.3 Å². The van der Waals surface area contributed by atoms with Crippen LogP contribution in [0.5, 0.6) is 0 Å². The van der Waals surface area contributed by atoms with Gasteiger partial charge in [0.25, 0.3) is 0 Å². The van der Waals surface area contributed by atoms with Gasteiger partial charge in [0.1, 0.15) is 4.88 Å². The Morgan fingerprint density at radius 2 is 2.46 bits per heavy atom. The Labute approximate surface area is 89.0 Å². The topological polar surface area (TPSA) is 26.3 Å². The number of alkyl halides is 1. The zero-order valence-electron chi connectivity index (χ0n) is 6.96. The molecule has 4 heteroatoms. The molecule has 13 heavy (non-hydrogen) atoms. The second kappa shape index (κ2) is 5.05. The molecular formula is C9H7BrO2S. The summed E-state index contributed by atoms with van der Waals surface area (Å²) in [5, 5.41) is 0.637. The zero-order valence-corrected chi connectivity index (χ0v) is 9.37. The standard InChI is InChI=1S/C9H7BrO2S/c1-12-9(11)8-5-4-7(13-8)3-2-6-10/h4-5H,6H2,1H3. The van der Waals surface area contributed by atoms with E-state index in [1.807, 2.05) is 6.07 Å². The van der Waals surface area contributed by atoms with Crippen molar-refractivity contribution < 1.29 is 9.53 Å². The maximum absolute atomic E-state index is 11.0. The van der Waals surface area contributed by atoms with Crippen LogP contribution in [0.3, 0.4) is 0 Å². The van der Waals surface area contributed by atoms with Crippen LogP contribution in [0.2, 0.25) is 0 Å². The van der Waals surface area contributed by atoms with E-state index in [0.717, 1.165) is 4.88 Å². The third-order valence-corrected chi connectivity index (χ3v) is 2.53. The Bertz CT molecular complexity index is 359. The van der Waals surface area contributed by atoms with Crippen molar-refractivity contribution in [2.75, 3.05) is 12.4 Å². The quantitative estimate of drug-likeness (QED) is 0.439. The van der Waals surface area contributed by atoms with Gasteiger partial charge in [-0.3, -0.25) is 0 Å². The van der Waals surface area contributed by atoms with Crippen LogP contribution in [0.1, 0.15) is 14.5 Å². The van der Waals surface area contributed by atoms with Gasteiger partial charge in [-0.1, -0.05) is 27.8 Å². The minimum atomic E-state index is -0.308. The van der Waals surface area contributed by atoms with E-state index in [0.29, 0.717) is 10.2 Å². The lowest BCUT2D eigenvalue weighted by molar-refractivity contribution is 0.0606. The summed E-state index contributed by atoms with van der Waals surface area (Å²) in [7, 11) is 1.37. The Kier molecular flexibility index (Phi) is 4.00. The van der Waals surface area contributed by atoms with Crippen molar-refractivity contribution in [3.63, 3.8) is 0 Å². The molecule has 1 aromatic rings. The predicted octanol–water partition coefficient (Wildman–Crippen LogP) is 2.28. The van der Waals surface area contributed by atoms with Crippen molar-refractivity contribution in [2.45, 2.75) is 0 Å². The van der Waals surface area contributed by atoms with Gasteiger partial charge < -0.3 is 4.74 Å². The highest BCUT2D eigenvalue weighted by atomic mass is 79.9. The predicted molar refractivity (Wildman–Crippen MR) is 56.3 cm³/mol. The SMILES string of the molecule is COC(=O)c1ccc(C#CCBr)s1. The Morgan fingerprint density at radius 1 is 1.69 bits per heavy atom. The molecule has 2 nitrogen and oxygen atoms in total. The molecule has 0 amide bonds. The highest BCUT2D eigenvalue weighted by molar-refractivity contribution is 9.09. The molecule has 0 aliphatic carbocycles. The summed E-state index contributed by atoms with van der Waals surface area (Å²) in [6.07, 6.45) is 0. The fraction of sp³-hybridized carbons (Fsp3) is 0.222. The molecule has 0 saturated carbocycles. The van der Waals surface area contributed by atoms with Crippen molar-refractivity contribution in [3.05, 3.63) is 21.9 Å². The minimum absolute atomic E-state index is 0.308. The molecule has 0 N–H and O–H groups in total. The van der Waals surface area contributed by atoms with Crippen LogP contribution >= 0.6 is 27.3 Å². The first-order chi connectivity index (χ1) is 6.27. The summed E-state index contributed by atoms with van der Waals surface area (Å²) in [5.41, 5.74) is 0. The van der Waals surface area contributed by atoms with Crippen molar-refractivity contribution in [2.24, 2.45) is 0 Å². The molecule has 68 valence electrons. The molecule has 0 spiro atoms. The maximum atomic E-state index is 11.0. The lowest BCUT2D eigenvalue weighted by Gasteiger charge is -1.90. The van der Waals surface area contributed by atoms with Crippen LogP contribution in [-0.4, -0.2) is 18.4 Å². The smallest absolute Gasteiger partial charge is 0.348 e. The Hall–Kier alpha value is -0.790. The van der Waals surface area contributed by atoms with Gasteiger partial charge in [-0.05, 0) is 12.1 Å². The molecule has 0 aliphatic heterocycles. The normalized spacial score (nSPS) is 8.77. The first-order valence-corrected chi connectivity index (χ1v) is 5.44. The van der Waals surface area contributed by atoms with E-state index in [1.165, 1.54) is 18.4 Å². The van der Waals surface area contributed by atoms with Crippen LogP contribution in [0.25, 0.3) is 0 Å². The third kappa shape index (κ3) is 2.87. The number of ether oxygens (including phenoxy) is 1. The van der Waals surface area contributed by atoms with E-state index in [2.05, 4.69) is 32.5 Å². The number of carbonyl (C=O) groups is 1. The number of hydrogen-bond donors (Lipinski definition) is 0. The average molecular weight is 259 g/mol. The molecule has 0 atom stereocenters. The van der Waals surface area contributed by atoms with Crippen molar-refractivity contribution >= 4 is 33.2 Å². The van der Waals surface area contributed by atoms with Gasteiger partial charge in [0.15, 0.2) is 0 Å². The van der Waals surface area contributed by atoms with E-state index < -0.39 is 0 Å². The van der Waals surface area contributed by atoms with Crippen LogP contribution in [0.4, 0.5) is 0 Å². The number of halogens is 1. The molecule has 1 rings (SSSR count). The molecule has 0 aromatic carbocycles. The number of esters is 1. The lowest BCUT2D eigenvalue weighted by atomic mass is 10.4. The number of hydrogen-bond acceptors (Lipinski definition) is 3. The number of methoxy groups -OCH3 is 1. The van der Waals surface area contributed by atoms with E-state index in [1.54, 1.807) is 6.07 Å². The molecule has 0 aliphatic rings. The van der Waals surface area contributed by atoms with Crippen molar-refractivity contribution in [3.8, 4) is 11.8 Å². The Morgan fingerprint density at radius 3 is 3.08 bits per heavy atom. The van der Waals surface area contributed by atoms with Crippen molar-refractivity contribution in [1.29, 1.82) is 0 Å².